The number of furan rings is 1. The van der Waals surface area contributed by atoms with Crippen LogP contribution in [-0.2, 0) is 9.31 Å². The molecular formula is C35H27BN2O3S. The summed E-state index contributed by atoms with van der Waals surface area (Å²) in [6.07, 6.45) is 3.63. The Morgan fingerprint density at radius 1 is 0.667 bits per heavy atom. The molecule has 1 fully saturated rings. The molecule has 0 N–H and O–H groups in total. The van der Waals surface area contributed by atoms with Crippen LogP contribution in [-0.4, -0.2) is 27.9 Å². The van der Waals surface area contributed by atoms with Gasteiger partial charge in [-0.2, -0.15) is 0 Å². The summed E-state index contributed by atoms with van der Waals surface area (Å²) in [6, 6.07) is 28.5. The fraction of sp³-hybridized carbons (Fsp3) is 0.171. The van der Waals surface area contributed by atoms with Crippen LogP contribution in [0.1, 0.15) is 27.7 Å². The predicted octanol–water partition coefficient (Wildman–Crippen LogP) is 8.75. The van der Waals surface area contributed by atoms with Crippen LogP contribution >= 0.6 is 11.3 Å². The van der Waals surface area contributed by atoms with E-state index in [0.29, 0.717) is 0 Å². The minimum absolute atomic E-state index is 0.453. The third kappa shape index (κ3) is 3.24. The van der Waals surface area contributed by atoms with Gasteiger partial charge >= 0.3 is 7.12 Å². The maximum atomic E-state index is 6.45. The molecule has 5 heterocycles. The molecule has 0 saturated carbocycles. The number of aromatic nitrogens is 2. The number of benzene rings is 4. The Labute approximate surface area is 246 Å². The van der Waals surface area contributed by atoms with E-state index in [-0.39, 0.29) is 0 Å². The van der Waals surface area contributed by atoms with Gasteiger partial charge in [0.05, 0.1) is 28.4 Å². The van der Waals surface area contributed by atoms with E-state index in [4.69, 9.17) is 13.7 Å². The number of pyridine rings is 1. The molecule has 0 aliphatic carbocycles. The monoisotopic (exact) mass is 566 g/mol. The molecule has 7 heteroatoms. The summed E-state index contributed by atoms with van der Waals surface area (Å²) < 4.78 is 24.2. The van der Waals surface area contributed by atoms with Gasteiger partial charge in [0.25, 0.3) is 0 Å². The van der Waals surface area contributed by atoms with Crippen molar-refractivity contribution in [2.75, 3.05) is 0 Å². The second-order valence-electron chi connectivity index (χ2n) is 12.3. The fourth-order valence-electron chi connectivity index (χ4n) is 6.50. The van der Waals surface area contributed by atoms with Crippen LogP contribution in [0.3, 0.4) is 0 Å². The van der Waals surface area contributed by atoms with Crippen molar-refractivity contribution >= 4 is 87.8 Å². The number of fused-ring (bicyclic) bond motifs is 9. The molecule has 0 bridgehead atoms. The lowest BCUT2D eigenvalue weighted by molar-refractivity contribution is 0.00578. The lowest BCUT2D eigenvalue weighted by Crippen LogP contribution is -2.41. The number of rotatable bonds is 2. The highest BCUT2D eigenvalue weighted by Crippen LogP contribution is 2.42. The molecule has 204 valence electrons. The van der Waals surface area contributed by atoms with Crippen LogP contribution in [0.4, 0.5) is 0 Å². The third-order valence-electron chi connectivity index (χ3n) is 9.33. The molecule has 9 rings (SSSR count). The van der Waals surface area contributed by atoms with Crippen molar-refractivity contribution < 1.29 is 13.7 Å². The highest BCUT2D eigenvalue weighted by Gasteiger charge is 2.52. The quantitative estimate of drug-likeness (QED) is 0.196. The number of para-hydroxylation sites is 1. The minimum atomic E-state index is -0.537. The topological polar surface area (TPSA) is 49.4 Å². The summed E-state index contributed by atoms with van der Waals surface area (Å²) in [5.41, 5.74) is 4.96. The molecule has 42 heavy (non-hydrogen) atoms. The molecule has 0 spiro atoms. The Balaban J connectivity index is 1.31. The predicted molar refractivity (Wildman–Crippen MR) is 174 cm³/mol. The van der Waals surface area contributed by atoms with E-state index in [0.717, 1.165) is 33.1 Å². The van der Waals surface area contributed by atoms with Crippen molar-refractivity contribution in [3.8, 4) is 5.69 Å². The molecule has 0 unspecified atom stereocenters. The van der Waals surface area contributed by atoms with Gasteiger partial charge in [-0.15, -0.1) is 11.3 Å². The highest BCUT2D eigenvalue weighted by atomic mass is 32.1. The van der Waals surface area contributed by atoms with E-state index in [1.54, 1.807) is 6.20 Å². The van der Waals surface area contributed by atoms with Gasteiger partial charge in [-0.05, 0) is 70.2 Å². The minimum Gasteiger partial charge on any atom is -0.454 e. The molecule has 0 amide bonds. The molecule has 8 aromatic rings. The Kier molecular flexibility index (Phi) is 4.79. The van der Waals surface area contributed by atoms with Gasteiger partial charge in [0.15, 0.2) is 5.58 Å². The van der Waals surface area contributed by atoms with Crippen molar-refractivity contribution in [3.63, 3.8) is 0 Å². The van der Waals surface area contributed by atoms with Gasteiger partial charge < -0.3 is 18.3 Å². The molecule has 0 atom stereocenters. The number of hydrogen-bond donors (Lipinski definition) is 0. The molecule has 1 aliphatic rings. The fourth-order valence-corrected chi connectivity index (χ4v) is 7.62. The van der Waals surface area contributed by atoms with Crippen molar-refractivity contribution in [2.24, 2.45) is 0 Å². The van der Waals surface area contributed by atoms with Gasteiger partial charge in [-0.1, -0.05) is 36.4 Å². The van der Waals surface area contributed by atoms with Crippen LogP contribution in [0.15, 0.2) is 95.7 Å². The molecule has 5 nitrogen and oxygen atoms in total. The molecule has 4 aromatic carbocycles. The van der Waals surface area contributed by atoms with Gasteiger partial charge in [0.2, 0.25) is 0 Å². The van der Waals surface area contributed by atoms with E-state index in [1.165, 1.54) is 42.0 Å². The zero-order chi connectivity index (χ0) is 28.4. The number of thiophene rings is 1. The van der Waals surface area contributed by atoms with Crippen LogP contribution in [0.5, 0.6) is 0 Å². The molecule has 0 radical (unpaired) electrons. The second kappa shape index (κ2) is 8.22. The van der Waals surface area contributed by atoms with Gasteiger partial charge in [0, 0.05) is 59.1 Å². The molecule has 4 aromatic heterocycles. The van der Waals surface area contributed by atoms with E-state index in [1.807, 2.05) is 17.5 Å². The second-order valence-corrected chi connectivity index (χ2v) is 13.4. The maximum Gasteiger partial charge on any atom is 0.497 e. The van der Waals surface area contributed by atoms with Crippen molar-refractivity contribution in [1.29, 1.82) is 0 Å². The molecule has 1 aliphatic heterocycles. The Morgan fingerprint density at radius 3 is 2.26 bits per heavy atom. The van der Waals surface area contributed by atoms with Gasteiger partial charge in [-0.3, -0.25) is 4.98 Å². The van der Waals surface area contributed by atoms with Crippen LogP contribution in [0, 0.1) is 0 Å². The standard InChI is InChI=1S/C35H27BN2O3S/c1-34(2)35(3,4)41-36(40-34)26-18-37-19-30-33(26)25-15-20(13-14-29(25)39-30)38-27-11-7-5-9-21(27)23-16-24-22-10-6-8-12-31(22)42-32(24)17-28(23)38/h5-19H,1-4H3. The number of hydrogen-bond acceptors (Lipinski definition) is 5. The normalized spacial score (nSPS) is 16.7. The van der Waals surface area contributed by atoms with Gasteiger partial charge in [0.1, 0.15) is 5.58 Å². The summed E-state index contributed by atoms with van der Waals surface area (Å²) in [4.78, 5) is 4.49. The summed E-state index contributed by atoms with van der Waals surface area (Å²) in [7, 11) is -0.537. The Morgan fingerprint density at radius 2 is 1.43 bits per heavy atom. The lowest BCUT2D eigenvalue weighted by atomic mass is 9.77. The van der Waals surface area contributed by atoms with E-state index in [9.17, 15) is 0 Å². The first kappa shape index (κ1) is 24.4. The molecular weight excluding hydrogens is 539 g/mol. The van der Waals surface area contributed by atoms with Gasteiger partial charge in [-0.25, -0.2) is 0 Å². The highest BCUT2D eigenvalue weighted by molar-refractivity contribution is 7.25. The van der Waals surface area contributed by atoms with Crippen molar-refractivity contribution in [2.45, 2.75) is 38.9 Å². The van der Waals surface area contributed by atoms with Crippen LogP contribution in [0.2, 0.25) is 0 Å². The first-order chi connectivity index (χ1) is 20.3. The summed E-state index contributed by atoms with van der Waals surface area (Å²) in [5.74, 6) is 0. The largest absolute Gasteiger partial charge is 0.497 e. The first-order valence-electron chi connectivity index (χ1n) is 14.3. The maximum absolute atomic E-state index is 6.45. The average molecular weight is 566 g/mol. The summed E-state index contributed by atoms with van der Waals surface area (Å²) in [6.45, 7) is 8.29. The number of nitrogens with zero attached hydrogens (tertiary/aromatic N) is 2. The first-order valence-corrected chi connectivity index (χ1v) is 15.1. The Bertz CT molecular complexity index is 2380. The SMILES string of the molecule is CC1(C)OB(c2cncc3oc4ccc(-n5c6ccccc6c6cc7c(cc65)sc5ccccc57)cc4c23)OC1(C)C. The zero-order valence-electron chi connectivity index (χ0n) is 23.8. The third-order valence-corrected chi connectivity index (χ3v) is 10.5. The van der Waals surface area contributed by atoms with Crippen molar-refractivity contribution in [3.05, 3.63) is 91.3 Å². The van der Waals surface area contributed by atoms with E-state index in [2.05, 4.69) is 116 Å². The van der Waals surface area contributed by atoms with E-state index >= 15 is 0 Å². The summed E-state index contributed by atoms with van der Waals surface area (Å²) >= 11 is 1.85. The smallest absolute Gasteiger partial charge is 0.454 e. The van der Waals surface area contributed by atoms with E-state index < -0.39 is 18.3 Å². The lowest BCUT2D eigenvalue weighted by Gasteiger charge is -2.32. The average Bonchev–Trinajstić information content (AvgIpc) is 3.68. The Hall–Kier alpha value is -4.17. The molecule has 1 saturated heterocycles. The van der Waals surface area contributed by atoms with Crippen LogP contribution in [0.25, 0.3) is 69.6 Å². The zero-order valence-corrected chi connectivity index (χ0v) is 24.6. The van der Waals surface area contributed by atoms with Crippen LogP contribution < -0.4 is 5.46 Å². The van der Waals surface area contributed by atoms with Crippen molar-refractivity contribution in [1.82, 2.24) is 9.55 Å². The summed E-state index contributed by atoms with van der Waals surface area (Å²) in [5, 5.41) is 7.11.